The van der Waals surface area contributed by atoms with Crippen LogP contribution in [0.15, 0.2) is 54.7 Å². The molecule has 0 atom stereocenters. The van der Waals surface area contributed by atoms with E-state index in [2.05, 4.69) is 15.6 Å². The van der Waals surface area contributed by atoms with Gasteiger partial charge in [0.1, 0.15) is 17.5 Å². The number of amides is 2. The third-order valence-electron chi connectivity index (χ3n) is 5.80. The monoisotopic (exact) mass is 493 g/mol. The first kappa shape index (κ1) is 24.3. The van der Waals surface area contributed by atoms with E-state index in [-0.39, 0.29) is 22.6 Å². The number of pyridine rings is 1. The summed E-state index contributed by atoms with van der Waals surface area (Å²) in [5, 5.41) is 14.1. The third kappa shape index (κ3) is 5.84. The van der Waals surface area contributed by atoms with Gasteiger partial charge in [-0.3, -0.25) is 15.0 Å². The number of nitrogens with zero attached hydrogens (tertiary/aromatic N) is 2. The number of nitrogens with one attached hydrogen (secondary N) is 3. The molecule has 0 radical (unpaired) electrons. The Morgan fingerprint density at radius 2 is 1.71 bits per heavy atom. The van der Waals surface area contributed by atoms with Gasteiger partial charge in [-0.2, -0.15) is 0 Å². The van der Waals surface area contributed by atoms with Crippen LogP contribution in [-0.2, 0) is 0 Å². The number of aryl methyl sites for hydroxylation is 1. The van der Waals surface area contributed by atoms with Crippen molar-refractivity contribution in [2.24, 2.45) is 0 Å². The number of piperidine rings is 1. The molecule has 1 saturated heterocycles. The Balaban J connectivity index is 1.52. The third-order valence-corrected chi connectivity index (χ3v) is 6.02. The van der Waals surface area contributed by atoms with Gasteiger partial charge in [0.25, 0.3) is 11.8 Å². The number of anilines is 2. The lowest BCUT2D eigenvalue weighted by molar-refractivity contribution is 0.102. The van der Waals surface area contributed by atoms with Gasteiger partial charge in [-0.25, -0.2) is 9.37 Å². The number of carbonyl (C=O) groups is 2. The Bertz CT molecular complexity index is 1270. The van der Waals surface area contributed by atoms with Gasteiger partial charge < -0.3 is 15.5 Å². The molecule has 0 saturated carbocycles. The van der Waals surface area contributed by atoms with Crippen LogP contribution in [0.25, 0.3) is 0 Å². The van der Waals surface area contributed by atoms with Gasteiger partial charge in [-0.05, 0) is 62.6 Å². The second-order valence-corrected chi connectivity index (χ2v) is 8.85. The summed E-state index contributed by atoms with van der Waals surface area (Å²) in [5.41, 5.74) is 1.50. The Morgan fingerprint density at radius 1 is 0.971 bits per heavy atom. The average Bonchev–Trinajstić information content (AvgIpc) is 2.86. The first-order valence-corrected chi connectivity index (χ1v) is 11.7. The normalized spacial score (nSPS) is 13.3. The average molecular weight is 494 g/mol. The van der Waals surface area contributed by atoms with Crippen molar-refractivity contribution in [3.63, 3.8) is 0 Å². The Kier molecular flexibility index (Phi) is 7.41. The molecule has 2 amide bonds. The number of aromatic nitrogens is 1. The molecule has 1 fully saturated rings. The fraction of sp³-hybridized carbons (Fsp3) is 0.231. The topological polar surface area (TPSA) is 98.2 Å². The molecule has 0 spiro atoms. The minimum absolute atomic E-state index is 0.175. The van der Waals surface area contributed by atoms with Crippen molar-refractivity contribution >= 4 is 40.8 Å². The molecule has 1 aliphatic rings. The zero-order valence-corrected chi connectivity index (χ0v) is 20.0. The van der Waals surface area contributed by atoms with Crippen LogP contribution in [0.1, 0.15) is 51.1 Å². The molecule has 180 valence electrons. The van der Waals surface area contributed by atoms with Crippen molar-refractivity contribution in [1.82, 2.24) is 9.88 Å². The summed E-state index contributed by atoms with van der Waals surface area (Å²) >= 11 is 5.84. The molecule has 3 N–H and O–H groups in total. The maximum absolute atomic E-state index is 14.9. The van der Waals surface area contributed by atoms with Gasteiger partial charge in [0.05, 0.1) is 21.8 Å². The van der Waals surface area contributed by atoms with Crippen LogP contribution in [0.2, 0.25) is 5.02 Å². The van der Waals surface area contributed by atoms with E-state index in [9.17, 15) is 14.0 Å². The van der Waals surface area contributed by atoms with Crippen molar-refractivity contribution in [2.75, 3.05) is 23.7 Å². The van der Waals surface area contributed by atoms with E-state index in [0.717, 1.165) is 37.9 Å². The lowest BCUT2D eigenvalue weighted by Gasteiger charge is -2.29. The van der Waals surface area contributed by atoms with Crippen molar-refractivity contribution in [3.8, 4) is 0 Å². The van der Waals surface area contributed by atoms with Crippen LogP contribution in [0.5, 0.6) is 0 Å². The van der Waals surface area contributed by atoms with E-state index in [1.54, 1.807) is 36.4 Å². The number of hydrogen-bond acceptors (Lipinski definition) is 4. The summed E-state index contributed by atoms with van der Waals surface area (Å²) in [4.78, 5) is 31.8. The Morgan fingerprint density at radius 3 is 2.40 bits per heavy atom. The smallest absolute Gasteiger partial charge is 0.258 e. The predicted molar refractivity (Wildman–Crippen MR) is 135 cm³/mol. The maximum atomic E-state index is 14.9. The zero-order chi connectivity index (χ0) is 24.9. The molecular weight excluding hydrogens is 469 g/mol. The summed E-state index contributed by atoms with van der Waals surface area (Å²) in [6.45, 7) is 3.36. The summed E-state index contributed by atoms with van der Waals surface area (Å²) in [6.07, 6.45) is 4.55. The van der Waals surface area contributed by atoms with Gasteiger partial charge in [-0.15, -0.1) is 0 Å². The number of rotatable bonds is 5. The summed E-state index contributed by atoms with van der Waals surface area (Å²) in [7, 11) is 0. The fourth-order valence-electron chi connectivity index (χ4n) is 3.92. The molecule has 9 heteroatoms. The highest BCUT2D eigenvalue weighted by Gasteiger charge is 2.20. The molecule has 0 aliphatic carbocycles. The fourth-order valence-corrected chi connectivity index (χ4v) is 4.04. The highest BCUT2D eigenvalue weighted by atomic mass is 35.5. The zero-order valence-electron chi connectivity index (χ0n) is 19.2. The molecule has 1 aliphatic heterocycles. The summed E-state index contributed by atoms with van der Waals surface area (Å²) in [6, 6.07) is 12.3. The molecule has 35 heavy (non-hydrogen) atoms. The summed E-state index contributed by atoms with van der Waals surface area (Å²) in [5.74, 6) is -1.35. The number of amidine groups is 1. The first-order valence-electron chi connectivity index (χ1n) is 11.3. The van der Waals surface area contributed by atoms with Gasteiger partial charge in [0.15, 0.2) is 0 Å². The van der Waals surface area contributed by atoms with Gasteiger partial charge >= 0.3 is 0 Å². The minimum Gasteiger partial charge on any atom is -0.357 e. The first-order chi connectivity index (χ1) is 16.8. The predicted octanol–water partition coefficient (Wildman–Crippen LogP) is 5.50. The molecular formula is C26H25ClFN5O2. The SMILES string of the molecule is Cc1ccc(NC(=O)c2ccc(C(=N)N3CCCCC3)cc2F)c(C(=O)Nc2ccc(Cl)cn2)c1. The molecule has 3 aromatic rings. The van der Waals surface area contributed by atoms with Crippen LogP contribution in [0, 0.1) is 18.2 Å². The molecule has 7 nitrogen and oxygen atoms in total. The van der Waals surface area contributed by atoms with Crippen molar-refractivity contribution in [1.29, 1.82) is 5.41 Å². The second-order valence-electron chi connectivity index (χ2n) is 8.41. The highest BCUT2D eigenvalue weighted by Crippen LogP contribution is 2.22. The maximum Gasteiger partial charge on any atom is 0.258 e. The van der Waals surface area contributed by atoms with Crippen molar-refractivity contribution in [2.45, 2.75) is 26.2 Å². The number of hydrogen-bond donors (Lipinski definition) is 3. The van der Waals surface area contributed by atoms with Crippen LogP contribution < -0.4 is 10.6 Å². The summed E-state index contributed by atoms with van der Waals surface area (Å²) < 4.78 is 14.9. The molecule has 2 heterocycles. The van der Waals surface area contributed by atoms with Crippen molar-refractivity contribution < 1.29 is 14.0 Å². The van der Waals surface area contributed by atoms with E-state index >= 15 is 0 Å². The van der Waals surface area contributed by atoms with Crippen LogP contribution >= 0.6 is 11.6 Å². The largest absolute Gasteiger partial charge is 0.357 e. The van der Waals surface area contributed by atoms with Crippen molar-refractivity contribution in [3.05, 3.63) is 87.8 Å². The van der Waals surface area contributed by atoms with E-state index in [1.165, 1.54) is 18.3 Å². The minimum atomic E-state index is -0.731. The lowest BCUT2D eigenvalue weighted by Crippen LogP contribution is -2.35. The molecule has 1 aromatic heterocycles. The standard InChI is InChI=1S/C26H25ClFN5O2/c1-16-5-9-22(20(13-16)26(35)32-23-10-7-18(27)15-30-23)31-25(34)19-8-6-17(14-21(19)28)24(29)33-11-3-2-4-12-33/h5-10,13-15,29H,2-4,11-12H2,1H3,(H,31,34)(H,30,32,35). The van der Waals surface area contributed by atoms with Crippen LogP contribution in [0.3, 0.4) is 0 Å². The lowest BCUT2D eigenvalue weighted by atomic mass is 10.1. The van der Waals surface area contributed by atoms with Gasteiger partial charge in [-0.1, -0.05) is 29.3 Å². The number of halogens is 2. The molecule has 2 aromatic carbocycles. The molecule has 4 rings (SSSR count). The second kappa shape index (κ2) is 10.7. The molecule has 0 unspecified atom stereocenters. The number of likely N-dealkylation sites (tertiary alicyclic amines) is 1. The number of carbonyl (C=O) groups excluding carboxylic acids is 2. The Hall–Kier alpha value is -3.78. The van der Waals surface area contributed by atoms with Crippen LogP contribution in [-0.4, -0.2) is 40.6 Å². The number of benzene rings is 2. The molecule has 0 bridgehead atoms. The quantitative estimate of drug-likeness (QED) is 0.323. The van der Waals surface area contributed by atoms with E-state index < -0.39 is 17.6 Å². The van der Waals surface area contributed by atoms with E-state index in [1.807, 2.05) is 11.8 Å². The van der Waals surface area contributed by atoms with Crippen LogP contribution in [0.4, 0.5) is 15.9 Å². The van der Waals surface area contributed by atoms with Gasteiger partial charge in [0.2, 0.25) is 0 Å². The van der Waals surface area contributed by atoms with Gasteiger partial charge in [0, 0.05) is 24.8 Å². The Labute approximate surface area is 207 Å². The highest BCUT2D eigenvalue weighted by molar-refractivity contribution is 6.30. The van der Waals surface area contributed by atoms with E-state index in [4.69, 9.17) is 17.0 Å². The van der Waals surface area contributed by atoms with E-state index in [0.29, 0.717) is 16.4 Å².